The molecule has 0 unspecified atom stereocenters. The molecule has 1 aliphatic rings. The zero-order valence-corrected chi connectivity index (χ0v) is 19.9. The average Bonchev–Trinajstić information content (AvgIpc) is 3.25. The second-order valence-electron chi connectivity index (χ2n) is 7.30. The minimum atomic E-state index is -0.0954. The van der Waals surface area contributed by atoms with E-state index in [1.54, 1.807) is 37.3 Å². The molecular weight excluding hydrogens is 450 g/mol. The first kappa shape index (κ1) is 24.3. The van der Waals surface area contributed by atoms with E-state index in [0.29, 0.717) is 28.7 Å². The number of benzene rings is 2. The summed E-state index contributed by atoms with van der Waals surface area (Å²) in [6, 6.07) is 13.2. The van der Waals surface area contributed by atoms with Crippen LogP contribution in [0.25, 0.3) is 10.2 Å². The van der Waals surface area contributed by atoms with Gasteiger partial charge in [-0.1, -0.05) is 23.5 Å². The molecule has 1 amide bonds. The van der Waals surface area contributed by atoms with Crippen molar-refractivity contribution in [3.63, 3.8) is 0 Å². The number of carbonyl (C=O) groups excluding carboxylic acids is 1. The van der Waals surface area contributed by atoms with Gasteiger partial charge in [-0.2, -0.15) is 0 Å². The Morgan fingerprint density at radius 2 is 1.88 bits per heavy atom. The second kappa shape index (κ2) is 11.5. The molecule has 7 nitrogen and oxygen atoms in total. The molecule has 1 fully saturated rings. The molecule has 1 saturated heterocycles. The van der Waals surface area contributed by atoms with E-state index in [9.17, 15) is 4.79 Å². The SMILES string of the molecule is COc1ccc(C(=O)N(CCCN2CCOCC2)c2nc3ccccc3s2)cc1OC.Cl. The Balaban J connectivity index is 0.00000289. The predicted octanol–water partition coefficient (Wildman–Crippen LogP) is 4.10. The number of rotatable bonds is 8. The van der Waals surface area contributed by atoms with Crippen LogP contribution in [0.2, 0.25) is 0 Å². The van der Waals surface area contributed by atoms with Crippen molar-refractivity contribution >= 4 is 45.0 Å². The summed E-state index contributed by atoms with van der Waals surface area (Å²) < 4.78 is 17.2. The summed E-state index contributed by atoms with van der Waals surface area (Å²) in [7, 11) is 3.15. The number of aromatic nitrogens is 1. The number of methoxy groups -OCH3 is 2. The van der Waals surface area contributed by atoms with Crippen LogP contribution in [-0.2, 0) is 4.74 Å². The van der Waals surface area contributed by atoms with Gasteiger partial charge in [-0.25, -0.2) is 4.98 Å². The molecule has 0 radical (unpaired) electrons. The fourth-order valence-electron chi connectivity index (χ4n) is 3.66. The van der Waals surface area contributed by atoms with Crippen LogP contribution in [0.4, 0.5) is 5.13 Å². The van der Waals surface area contributed by atoms with Crippen molar-refractivity contribution < 1.29 is 19.0 Å². The number of carbonyl (C=O) groups is 1. The molecule has 2 heterocycles. The maximum Gasteiger partial charge on any atom is 0.260 e. The van der Waals surface area contributed by atoms with Crippen molar-refractivity contribution in [3.05, 3.63) is 48.0 Å². The summed E-state index contributed by atoms with van der Waals surface area (Å²) in [6.45, 7) is 4.92. The number of nitrogens with zero attached hydrogens (tertiary/aromatic N) is 3. The predicted molar refractivity (Wildman–Crippen MR) is 130 cm³/mol. The number of ether oxygens (including phenoxy) is 3. The quantitative estimate of drug-likeness (QED) is 0.486. The van der Waals surface area contributed by atoms with Gasteiger partial charge in [0.1, 0.15) is 0 Å². The highest BCUT2D eigenvalue weighted by Crippen LogP contribution is 2.32. The summed E-state index contributed by atoms with van der Waals surface area (Å²) in [6.07, 6.45) is 0.856. The van der Waals surface area contributed by atoms with Crippen molar-refractivity contribution in [3.8, 4) is 11.5 Å². The highest BCUT2D eigenvalue weighted by molar-refractivity contribution is 7.22. The van der Waals surface area contributed by atoms with Gasteiger partial charge in [-0.05, 0) is 36.8 Å². The van der Waals surface area contributed by atoms with Crippen molar-refractivity contribution in [2.75, 3.05) is 58.5 Å². The highest BCUT2D eigenvalue weighted by atomic mass is 35.5. The van der Waals surface area contributed by atoms with Crippen LogP contribution in [0.5, 0.6) is 11.5 Å². The van der Waals surface area contributed by atoms with E-state index >= 15 is 0 Å². The van der Waals surface area contributed by atoms with Crippen LogP contribution in [-0.4, -0.2) is 69.4 Å². The first-order valence-electron chi connectivity index (χ1n) is 10.4. The number of thiazole rings is 1. The molecule has 32 heavy (non-hydrogen) atoms. The number of halogens is 1. The molecule has 0 spiro atoms. The smallest absolute Gasteiger partial charge is 0.260 e. The lowest BCUT2D eigenvalue weighted by molar-refractivity contribution is 0.0376. The fourth-order valence-corrected chi connectivity index (χ4v) is 4.65. The Kier molecular flexibility index (Phi) is 8.69. The van der Waals surface area contributed by atoms with Crippen LogP contribution in [0.15, 0.2) is 42.5 Å². The Morgan fingerprint density at radius 1 is 1.12 bits per heavy atom. The van der Waals surface area contributed by atoms with Crippen LogP contribution in [0, 0.1) is 0 Å². The number of hydrogen-bond donors (Lipinski definition) is 0. The van der Waals surface area contributed by atoms with E-state index in [1.807, 2.05) is 24.3 Å². The first-order valence-corrected chi connectivity index (χ1v) is 11.2. The molecule has 0 bridgehead atoms. The molecule has 3 aromatic rings. The monoisotopic (exact) mass is 477 g/mol. The zero-order valence-electron chi connectivity index (χ0n) is 18.3. The van der Waals surface area contributed by atoms with E-state index in [1.165, 1.54) is 11.3 Å². The van der Waals surface area contributed by atoms with Gasteiger partial charge in [0.2, 0.25) is 0 Å². The fraction of sp³-hybridized carbons (Fsp3) is 0.391. The van der Waals surface area contributed by atoms with Gasteiger partial charge in [0.15, 0.2) is 16.6 Å². The lowest BCUT2D eigenvalue weighted by Crippen LogP contribution is -2.39. The lowest BCUT2D eigenvalue weighted by Gasteiger charge is -2.27. The minimum absolute atomic E-state index is 0. The van der Waals surface area contributed by atoms with Crippen molar-refractivity contribution in [2.24, 2.45) is 0 Å². The Labute approximate surface area is 198 Å². The van der Waals surface area contributed by atoms with Crippen LogP contribution >= 0.6 is 23.7 Å². The largest absolute Gasteiger partial charge is 0.493 e. The lowest BCUT2D eigenvalue weighted by atomic mass is 10.1. The maximum absolute atomic E-state index is 13.5. The van der Waals surface area contributed by atoms with Crippen LogP contribution < -0.4 is 14.4 Å². The number of morpholine rings is 1. The molecule has 172 valence electrons. The molecule has 1 aliphatic heterocycles. The Hall–Kier alpha value is -2.39. The Morgan fingerprint density at radius 3 is 2.59 bits per heavy atom. The summed E-state index contributed by atoms with van der Waals surface area (Å²) in [5.74, 6) is 1.03. The van der Waals surface area contributed by atoms with Gasteiger partial charge >= 0.3 is 0 Å². The van der Waals surface area contributed by atoms with Crippen molar-refractivity contribution in [2.45, 2.75) is 6.42 Å². The highest BCUT2D eigenvalue weighted by Gasteiger charge is 2.23. The van der Waals surface area contributed by atoms with Gasteiger partial charge in [0, 0.05) is 31.7 Å². The van der Waals surface area contributed by atoms with E-state index in [-0.39, 0.29) is 18.3 Å². The molecule has 0 aliphatic carbocycles. The summed E-state index contributed by atoms with van der Waals surface area (Å²) in [5.41, 5.74) is 1.45. The first-order chi connectivity index (χ1) is 15.2. The third kappa shape index (κ3) is 5.50. The molecule has 1 aromatic heterocycles. The third-order valence-corrected chi connectivity index (χ3v) is 6.41. The molecule has 4 rings (SSSR count). The van der Waals surface area contributed by atoms with E-state index in [2.05, 4.69) is 4.90 Å². The third-order valence-electron chi connectivity index (χ3n) is 5.35. The van der Waals surface area contributed by atoms with Crippen molar-refractivity contribution in [1.29, 1.82) is 0 Å². The van der Waals surface area contributed by atoms with E-state index in [4.69, 9.17) is 19.2 Å². The van der Waals surface area contributed by atoms with Crippen LogP contribution in [0.1, 0.15) is 16.8 Å². The van der Waals surface area contributed by atoms with E-state index in [0.717, 1.165) is 49.5 Å². The van der Waals surface area contributed by atoms with Gasteiger partial charge in [0.05, 0.1) is 37.6 Å². The minimum Gasteiger partial charge on any atom is -0.493 e. The topological polar surface area (TPSA) is 64.1 Å². The second-order valence-corrected chi connectivity index (χ2v) is 8.31. The van der Waals surface area contributed by atoms with E-state index < -0.39 is 0 Å². The van der Waals surface area contributed by atoms with Gasteiger partial charge in [-0.15, -0.1) is 12.4 Å². The summed E-state index contributed by atoms with van der Waals surface area (Å²) >= 11 is 1.54. The van der Waals surface area contributed by atoms with Gasteiger partial charge in [0.25, 0.3) is 5.91 Å². The number of anilines is 1. The van der Waals surface area contributed by atoms with Gasteiger partial charge < -0.3 is 14.2 Å². The molecule has 0 N–H and O–H groups in total. The van der Waals surface area contributed by atoms with Crippen LogP contribution in [0.3, 0.4) is 0 Å². The molecule has 0 atom stereocenters. The molecule has 0 saturated carbocycles. The normalized spacial score (nSPS) is 14.1. The molecular formula is C23H28ClN3O4S. The summed E-state index contributed by atoms with van der Waals surface area (Å²) in [4.78, 5) is 22.4. The molecule has 9 heteroatoms. The average molecular weight is 478 g/mol. The number of fused-ring (bicyclic) bond motifs is 1. The van der Waals surface area contributed by atoms with Gasteiger partial charge in [-0.3, -0.25) is 14.6 Å². The number of para-hydroxylation sites is 1. The molecule has 2 aromatic carbocycles. The summed E-state index contributed by atoms with van der Waals surface area (Å²) in [5, 5.41) is 0.711. The zero-order chi connectivity index (χ0) is 21.6. The number of hydrogen-bond acceptors (Lipinski definition) is 7. The van der Waals surface area contributed by atoms with Crippen molar-refractivity contribution in [1.82, 2.24) is 9.88 Å². The standard InChI is InChI=1S/C23H27N3O4S.ClH/c1-28-19-9-8-17(16-20(19)29-2)22(27)26(11-5-10-25-12-14-30-15-13-25)23-24-18-6-3-4-7-21(18)31-23;/h3-4,6-9,16H,5,10-15H2,1-2H3;1H. The Bertz CT molecular complexity index is 1010. The number of amides is 1. The maximum atomic E-state index is 13.5.